The molecule has 1 heterocycles. The van der Waals surface area contributed by atoms with Gasteiger partial charge >= 0.3 is 5.82 Å². The molecule has 0 aromatic carbocycles. The fourth-order valence-electron chi connectivity index (χ4n) is 1.60. The predicted molar refractivity (Wildman–Crippen MR) is 76.8 cm³/mol. The third-order valence-corrected chi connectivity index (χ3v) is 3.11. The summed E-state index contributed by atoms with van der Waals surface area (Å²) in [5, 5.41) is 10.6. The van der Waals surface area contributed by atoms with E-state index in [0.717, 1.165) is 0 Å². The highest BCUT2D eigenvalue weighted by atomic mass is 35.5. The lowest BCUT2D eigenvalue weighted by Gasteiger charge is -2.23. The molecule has 0 saturated heterocycles. The summed E-state index contributed by atoms with van der Waals surface area (Å²) in [4.78, 5) is 27.3. The van der Waals surface area contributed by atoms with E-state index in [1.165, 1.54) is 6.20 Å². The molecular formula is C11H20ClN5O3. The van der Waals surface area contributed by atoms with Crippen molar-refractivity contribution in [2.45, 2.75) is 32.9 Å². The van der Waals surface area contributed by atoms with E-state index in [2.05, 4.69) is 4.98 Å². The molecule has 0 aliphatic rings. The van der Waals surface area contributed by atoms with Crippen molar-refractivity contribution in [1.29, 1.82) is 0 Å². The highest BCUT2D eigenvalue weighted by Crippen LogP contribution is 2.11. The van der Waals surface area contributed by atoms with Crippen molar-refractivity contribution in [1.82, 2.24) is 14.5 Å². The van der Waals surface area contributed by atoms with E-state index >= 15 is 0 Å². The maximum atomic E-state index is 11.9. The minimum absolute atomic E-state index is 0. The standard InChI is InChI=1S/C11H19N5O3.ClH/c1-8(6-12)14(3)11(17)4-5-15-7-10(16(18)19)13-9(15)2;/h7-8H,4-6,12H2,1-3H3;1H. The first-order valence-electron chi connectivity index (χ1n) is 6.00. The summed E-state index contributed by atoms with van der Waals surface area (Å²) >= 11 is 0. The fourth-order valence-corrected chi connectivity index (χ4v) is 1.60. The van der Waals surface area contributed by atoms with Crippen LogP contribution in [0.5, 0.6) is 0 Å². The molecular weight excluding hydrogens is 286 g/mol. The zero-order chi connectivity index (χ0) is 14.6. The average molecular weight is 306 g/mol. The Morgan fingerprint density at radius 2 is 2.25 bits per heavy atom. The number of aryl methyl sites for hydroxylation is 2. The molecule has 8 nitrogen and oxygen atoms in total. The van der Waals surface area contributed by atoms with Crippen LogP contribution in [0.2, 0.25) is 0 Å². The van der Waals surface area contributed by atoms with E-state index in [0.29, 0.717) is 18.9 Å². The van der Waals surface area contributed by atoms with Gasteiger partial charge < -0.3 is 25.3 Å². The van der Waals surface area contributed by atoms with E-state index in [4.69, 9.17) is 5.73 Å². The number of carbonyl (C=O) groups excluding carboxylic acids is 1. The van der Waals surface area contributed by atoms with Crippen LogP contribution in [-0.4, -0.2) is 44.9 Å². The lowest BCUT2D eigenvalue weighted by molar-refractivity contribution is -0.389. The first-order valence-corrected chi connectivity index (χ1v) is 6.00. The lowest BCUT2D eigenvalue weighted by atomic mass is 10.2. The second-order valence-electron chi connectivity index (χ2n) is 4.44. The number of nitro groups is 1. The van der Waals surface area contributed by atoms with Gasteiger partial charge in [0.1, 0.15) is 6.20 Å². The molecule has 0 aliphatic carbocycles. The Morgan fingerprint density at radius 3 is 2.70 bits per heavy atom. The molecule has 1 rings (SSSR count). The summed E-state index contributed by atoms with van der Waals surface area (Å²) < 4.78 is 1.61. The quantitative estimate of drug-likeness (QED) is 0.615. The van der Waals surface area contributed by atoms with E-state index in [1.54, 1.807) is 23.4 Å². The van der Waals surface area contributed by atoms with Crippen LogP contribution in [0.15, 0.2) is 6.20 Å². The number of halogens is 1. The monoisotopic (exact) mass is 305 g/mol. The predicted octanol–water partition coefficient (Wildman–Crippen LogP) is 0.717. The molecule has 0 aliphatic heterocycles. The van der Waals surface area contributed by atoms with Crippen LogP contribution in [0.25, 0.3) is 0 Å². The van der Waals surface area contributed by atoms with Gasteiger partial charge in [-0.3, -0.25) is 4.79 Å². The zero-order valence-corrected chi connectivity index (χ0v) is 12.6. The van der Waals surface area contributed by atoms with E-state index in [1.807, 2.05) is 6.92 Å². The second kappa shape index (κ2) is 7.81. The molecule has 0 radical (unpaired) electrons. The van der Waals surface area contributed by atoms with E-state index in [-0.39, 0.29) is 36.6 Å². The molecule has 0 saturated carbocycles. The Labute approximate surface area is 123 Å². The molecule has 9 heteroatoms. The molecule has 1 unspecified atom stereocenters. The van der Waals surface area contributed by atoms with E-state index in [9.17, 15) is 14.9 Å². The van der Waals surface area contributed by atoms with Crippen LogP contribution >= 0.6 is 12.4 Å². The topological polar surface area (TPSA) is 107 Å². The van der Waals surface area contributed by atoms with Crippen molar-refractivity contribution in [3.8, 4) is 0 Å². The molecule has 1 amide bonds. The van der Waals surface area contributed by atoms with Gasteiger partial charge in [0.05, 0.1) is 0 Å². The summed E-state index contributed by atoms with van der Waals surface area (Å²) in [5.74, 6) is 0.274. The summed E-state index contributed by atoms with van der Waals surface area (Å²) in [5.41, 5.74) is 5.49. The SMILES string of the molecule is Cc1nc([N+](=O)[O-])cn1CCC(=O)N(C)C(C)CN.Cl. The first kappa shape index (κ1) is 18.3. The van der Waals surface area contributed by atoms with Crippen molar-refractivity contribution < 1.29 is 9.72 Å². The first-order chi connectivity index (χ1) is 8.86. The largest absolute Gasteiger partial charge is 0.381 e. The number of hydrogen-bond acceptors (Lipinski definition) is 5. The van der Waals surface area contributed by atoms with Gasteiger partial charge in [-0.05, 0) is 16.8 Å². The van der Waals surface area contributed by atoms with Gasteiger partial charge in [0.2, 0.25) is 11.7 Å². The van der Waals surface area contributed by atoms with Gasteiger partial charge in [-0.25, -0.2) is 0 Å². The van der Waals surface area contributed by atoms with Gasteiger partial charge in [0.15, 0.2) is 0 Å². The summed E-state index contributed by atoms with van der Waals surface area (Å²) in [6.07, 6.45) is 1.60. The van der Waals surface area contributed by atoms with Gasteiger partial charge in [0.25, 0.3) is 0 Å². The number of nitrogens with two attached hydrogens (primary N) is 1. The third kappa shape index (κ3) is 4.46. The van der Waals surface area contributed by atoms with Gasteiger partial charge in [-0.1, -0.05) is 0 Å². The normalized spacial score (nSPS) is 11.6. The molecule has 1 aromatic heterocycles. The second-order valence-corrected chi connectivity index (χ2v) is 4.44. The number of rotatable bonds is 6. The third-order valence-electron chi connectivity index (χ3n) is 3.11. The van der Waals surface area contributed by atoms with Gasteiger partial charge in [0, 0.05) is 39.5 Å². The van der Waals surface area contributed by atoms with Crippen LogP contribution in [0.1, 0.15) is 19.2 Å². The molecule has 0 spiro atoms. The van der Waals surface area contributed by atoms with Crippen molar-refractivity contribution in [3.63, 3.8) is 0 Å². The summed E-state index contributed by atoms with van der Waals surface area (Å²) in [7, 11) is 1.70. The highest BCUT2D eigenvalue weighted by molar-refractivity contribution is 5.85. The van der Waals surface area contributed by atoms with E-state index < -0.39 is 4.92 Å². The maximum Gasteiger partial charge on any atom is 0.381 e. The molecule has 1 atom stereocenters. The molecule has 20 heavy (non-hydrogen) atoms. The molecule has 2 N–H and O–H groups in total. The molecule has 0 fully saturated rings. The summed E-state index contributed by atoms with van der Waals surface area (Å²) in [6.45, 7) is 4.31. The number of aromatic nitrogens is 2. The zero-order valence-electron chi connectivity index (χ0n) is 11.8. The molecule has 0 bridgehead atoms. The summed E-state index contributed by atoms with van der Waals surface area (Å²) in [6, 6.07) is -0.0225. The van der Waals surface area contributed by atoms with Crippen molar-refractivity contribution in [2.24, 2.45) is 5.73 Å². The Hall–Kier alpha value is -1.67. The van der Waals surface area contributed by atoms with Crippen molar-refractivity contribution in [3.05, 3.63) is 22.1 Å². The molecule has 1 aromatic rings. The lowest BCUT2D eigenvalue weighted by Crippen LogP contribution is -2.40. The minimum atomic E-state index is -0.548. The Morgan fingerprint density at radius 1 is 1.65 bits per heavy atom. The fraction of sp³-hybridized carbons (Fsp3) is 0.636. The van der Waals surface area contributed by atoms with Crippen LogP contribution in [0.4, 0.5) is 5.82 Å². The Balaban J connectivity index is 0.00000361. The maximum absolute atomic E-state index is 11.9. The number of nitrogens with zero attached hydrogens (tertiary/aromatic N) is 4. The van der Waals surface area contributed by atoms with Crippen LogP contribution in [-0.2, 0) is 11.3 Å². The van der Waals surface area contributed by atoms with Gasteiger partial charge in [-0.15, -0.1) is 12.4 Å². The van der Waals surface area contributed by atoms with Crippen molar-refractivity contribution >= 4 is 24.1 Å². The smallest absolute Gasteiger partial charge is 0.358 e. The minimum Gasteiger partial charge on any atom is -0.358 e. The highest BCUT2D eigenvalue weighted by Gasteiger charge is 2.18. The van der Waals surface area contributed by atoms with Crippen LogP contribution < -0.4 is 5.73 Å². The average Bonchev–Trinajstić information content (AvgIpc) is 2.75. The number of amides is 1. The molecule has 114 valence electrons. The Kier molecular flexibility index (Phi) is 7.16. The number of carbonyl (C=O) groups is 1. The van der Waals surface area contributed by atoms with Crippen molar-refractivity contribution in [2.75, 3.05) is 13.6 Å². The van der Waals surface area contributed by atoms with Crippen LogP contribution in [0.3, 0.4) is 0 Å². The number of likely N-dealkylation sites (N-methyl/N-ethyl adjacent to an activating group) is 1. The Bertz CT molecular complexity index is 477. The van der Waals surface area contributed by atoms with Gasteiger partial charge in [-0.2, -0.15) is 0 Å². The van der Waals surface area contributed by atoms with Crippen LogP contribution in [0, 0.1) is 17.0 Å². The number of hydrogen-bond donors (Lipinski definition) is 1. The number of imidazole rings is 1.